The maximum Gasteiger partial charge on any atom is 0.0903 e. The molecule has 4 heteroatoms. The summed E-state index contributed by atoms with van der Waals surface area (Å²) in [4.78, 5) is 0. The number of fused-ring (bicyclic) bond motifs is 2. The summed E-state index contributed by atoms with van der Waals surface area (Å²) in [6.07, 6.45) is 0.957. The molecule has 0 spiro atoms. The van der Waals surface area contributed by atoms with Crippen LogP contribution in [0.1, 0.15) is 27.2 Å². The molecule has 0 aromatic rings. The van der Waals surface area contributed by atoms with Gasteiger partial charge in [0.2, 0.25) is 0 Å². The third kappa shape index (κ3) is 1.43. The SMILES string of the molecule is CC[C@]12O[CH-][C@H](OC1(C)C)[C@@H]2OC.[U]. The minimum absolute atomic E-state index is 0. The maximum absolute atomic E-state index is 5.84. The Bertz CT molecular complexity index is 219. The van der Waals surface area contributed by atoms with Crippen LogP contribution in [0.5, 0.6) is 0 Å². The van der Waals surface area contributed by atoms with Crippen molar-refractivity contribution < 1.29 is 45.3 Å². The van der Waals surface area contributed by atoms with Gasteiger partial charge in [0.25, 0.3) is 0 Å². The van der Waals surface area contributed by atoms with Gasteiger partial charge in [-0.25, -0.2) is 0 Å². The first-order valence-electron chi connectivity index (χ1n) is 4.79. The molecule has 0 amide bonds. The second-order valence-electron chi connectivity index (χ2n) is 4.25. The minimum atomic E-state index is -0.285. The van der Waals surface area contributed by atoms with Crippen molar-refractivity contribution in [2.24, 2.45) is 0 Å². The fourth-order valence-electron chi connectivity index (χ4n) is 2.64. The predicted molar refractivity (Wildman–Crippen MR) is 48.2 cm³/mol. The molecule has 14 heavy (non-hydrogen) atoms. The van der Waals surface area contributed by atoms with E-state index in [9.17, 15) is 0 Å². The number of hydrogen-bond acceptors (Lipinski definition) is 3. The smallest absolute Gasteiger partial charge is 0.0903 e. The first-order chi connectivity index (χ1) is 6.07. The van der Waals surface area contributed by atoms with E-state index in [0.717, 1.165) is 6.42 Å². The van der Waals surface area contributed by atoms with Gasteiger partial charge < -0.3 is 14.2 Å². The molecule has 2 fully saturated rings. The van der Waals surface area contributed by atoms with E-state index in [1.165, 1.54) is 0 Å². The summed E-state index contributed by atoms with van der Waals surface area (Å²) < 4.78 is 17.0. The molecule has 0 unspecified atom stereocenters. The molecule has 3 nitrogen and oxygen atoms in total. The zero-order chi connectivity index (χ0) is 9.69. The van der Waals surface area contributed by atoms with Crippen molar-refractivity contribution >= 4 is 0 Å². The van der Waals surface area contributed by atoms with Gasteiger partial charge in [-0.3, -0.25) is 0 Å². The fraction of sp³-hybridized carbons (Fsp3) is 0.900. The quantitative estimate of drug-likeness (QED) is 0.631. The molecule has 2 bridgehead atoms. The van der Waals surface area contributed by atoms with Gasteiger partial charge in [0.05, 0.1) is 17.3 Å². The second-order valence-corrected chi connectivity index (χ2v) is 4.25. The number of methoxy groups -OCH3 is 1. The molecule has 2 saturated heterocycles. The van der Waals surface area contributed by atoms with Gasteiger partial charge in [-0.2, -0.15) is 6.61 Å². The first-order valence-corrected chi connectivity index (χ1v) is 4.79. The molecular weight excluding hydrogens is 406 g/mol. The standard InChI is InChI=1S/C10H17O3.U/c1-5-10-8(11-4)7(6-12-10)13-9(10,2)3;/h6-8H,5H2,1-4H3;/q-1;/t7-,8-,10+;/m0./s1. The molecular formula is C10H17O3U-. The molecule has 0 saturated carbocycles. The predicted octanol–water partition coefficient (Wildman–Crippen LogP) is 1.52. The Morgan fingerprint density at radius 2 is 2.07 bits per heavy atom. The zero-order valence-electron chi connectivity index (χ0n) is 9.16. The van der Waals surface area contributed by atoms with E-state index >= 15 is 0 Å². The molecule has 2 heterocycles. The Morgan fingerprint density at radius 1 is 1.43 bits per heavy atom. The van der Waals surface area contributed by atoms with Gasteiger partial charge in [-0.1, -0.05) is 6.92 Å². The van der Waals surface area contributed by atoms with Crippen molar-refractivity contribution in [3.63, 3.8) is 0 Å². The summed E-state index contributed by atoms with van der Waals surface area (Å²) in [6, 6.07) is 0. The average molecular weight is 423 g/mol. The van der Waals surface area contributed by atoms with Crippen molar-refractivity contribution in [3.8, 4) is 0 Å². The number of hydrogen-bond donors (Lipinski definition) is 0. The van der Waals surface area contributed by atoms with Gasteiger partial charge in [0.1, 0.15) is 0 Å². The van der Waals surface area contributed by atoms with E-state index < -0.39 is 0 Å². The number of ether oxygens (including phenoxy) is 3. The minimum Gasteiger partial charge on any atom is -0.541 e. The molecule has 0 radical (unpaired) electrons. The van der Waals surface area contributed by atoms with Crippen molar-refractivity contribution in [3.05, 3.63) is 6.61 Å². The Hall–Kier alpha value is 0.932. The van der Waals surface area contributed by atoms with Crippen LogP contribution in [-0.2, 0) is 14.2 Å². The van der Waals surface area contributed by atoms with Gasteiger partial charge in [-0.05, 0) is 26.4 Å². The normalized spacial score (nSPS) is 43.7. The molecule has 3 atom stereocenters. The largest absolute Gasteiger partial charge is 0.541 e. The van der Waals surface area contributed by atoms with E-state index in [-0.39, 0.29) is 54.5 Å². The molecule has 80 valence electrons. The molecule has 0 aliphatic carbocycles. The van der Waals surface area contributed by atoms with Crippen LogP contribution in [0.2, 0.25) is 0 Å². The van der Waals surface area contributed by atoms with E-state index in [1.807, 2.05) is 0 Å². The Kier molecular flexibility index (Phi) is 3.78. The molecule has 0 aromatic carbocycles. The third-order valence-electron chi connectivity index (χ3n) is 3.40. The van der Waals surface area contributed by atoms with Crippen LogP contribution in [0.3, 0.4) is 0 Å². The van der Waals surface area contributed by atoms with Gasteiger partial charge >= 0.3 is 0 Å². The van der Waals surface area contributed by atoms with Crippen LogP contribution in [0.15, 0.2) is 0 Å². The fourth-order valence-corrected chi connectivity index (χ4v) is 2.64. The summed E-state index contributed by atoms with van der Waals surface area (Å²) in [5.74, 6) is 0. The zero-order valence-corrected chi connectivity index (χ0v) is 13.3. The van der Waals surface area contributed by atoms with Gasteiger partial charge in [-0.15, -0.1) is 0 Å². The van der Waals surface area contributed by atoms with Gasteiger partial charge in [0, 0.05) is 38.2 Å². The van der Waals surface area contributed by atoms with Crippen LogP contribution in [0.25, 0.3) is 0 Å². The Balaban J connectivity index is 0.000000980. The second kappa shape index (κ2) is 4.07. The maximum atomic E-state index is 5.84. The first kappa shape index (κ1) is 13.0. The molecule has 0 N–H and O–H groups in total. The van der Waals surface area contributed by atoms with E-state index in [1.54, 1.807) is 13.7 Å². The van der Waals surface area contributed by atoms with Crippen LogP contribution < -0.4 is 0 Å². The molecule has 2 aliphatic heterocycles. The monoisotopic (exact) mass is 423 g/mol. The van der Waals surface area contributed by atoms with Crippen LogP contribution in [0.4, 0.5) is 0 Å². The summed E-state index contributed by atoms with van der Waals surface area (Å²) in [5.41, 5.74) is -0.533. The van der Waals surface area contributed by atoms with Crippen LogP contribution in [0, 0.1) is 37.7 Å². The van der Waals surface area contributed by atoms with Crippen molar-refractivity contribution in [2.45, 2.75) is 50.6 Å². The summed E-state index contributed by atoms with van der Waals surface area (Å²) in [5, 5.41) is 0. The van der Waals surface area contributed by atoms with Gasteiger partial charge in [0.15, 0.2) is 0 Å². The van der Waals surface area contributed by atoms with E-state index in [0.29, 0.717) is 0 Å². The Labute approximate surface area is 109 Å². The molecule has 2 rings (SSSR count). The van der Waals surface area contributed by atoms with Crippen molar-refractivity contribution in [2.75, 3.05) is 7.11 Å². The average Bonchev–Trinajstić information content (AvgIpc) is 2.52. The third-order valence-corrected chi connectivity index (χ3v) is 3.40. The van der Waals surface area contributed by atoms with Crippen molar-refractivity contribution in [1.29, 1.82) is 0 Å². The topological polar surface area (TPSA) is 27.7 Å². The Morgan fingerprint density at radius 3 is 2.43 bits per heavy atom. The van der Waals surface area contributed by atoms with Crippen LogP contribution >= 0.6 is 0 Å². The van der Waals surface area contributed by atoms with Crippen molar-refractivity contribution in [1.82, 2.24) is 0 Å². The summed E-state index contributed by atoms with van der Waals surface area (Å²) in [6.45, 7) is 8.01. The summed E-state index contributed by atoms with van der Waals surface area (Å²) >= 11 is 0. The molecule has 0 aromatic heterocycles. The van der Waals surface area contributed by atoms with Crippen LogP contribution in [-0.4, -0.2) is 30.5 Å². The van der Waals surface area contributed by atoms with E-state index in [4.69, 9.17) is 14.2 Å². The summed E-state index contributed by atoms with van der Waals surface area (Å²) in [7, 11) is 1.72. The molecule has 2 aliphatic rings. The van der Waals surface area contributed by atoms with E-state index in [2.05, 4.69) is 20.8 Å². The number of rotatable bonds is 2.